The van der Waals surface area contributed by atoms with Gasteiger partial charge in [-0.3, -0.25) is 33.8 Å². The van der Waals surface area contributed by atoms with E-state index in [1.165, 1.54) is 6.92 Å². The molecule has 20 nitrogen and oxygen atoms in total. The normalized spacial score (nSPS) is 13.9. The summed E-state index contributed by atoms with van der Waals surface area (Å²) >= 11 is 0. The molecule has 0 aliphatic heterocycles. The zero-order valence-electron chi connectivity index (χ0n) is 34.1. The molecule has 0 aliphatic carbocycles. The highest BCUT2D eigenvalue weighted by Gasteiger charge is 2.29. The number of nitrogens with one attached hydrogen (secondary N) is 7. The Hall–Kier alpha value is -5.81. The molecule has 14 N–H and O–H groups in total. The van der Waals surface area contributed by atoms with Crippen LogP contribution in [-0.4, -0.2) is 109 Å². The number of nitrogens with two attached hydrogens (primary N) is 3. The number of aliphatic carboxylic acids is 1. The first-order valence-corrected chi connectivity index (χ1v) is 19.4. The monoisotopic (exact) mass is 814 g/mol. The van der Waals surface area contributed by atoms with Gasteiger partial charge in [0.05, 0.1) is 30.8 Å². The van der Waals surface area contributed by atoms with Crippen molar-refractivity contribution in [2.45, 2.75) is 110 Å². The number of guanidine groups is 1. The molecule has 6 amide bonds. The van der Waals surface area contributed by atoms with E-state index in [1.807, 2.05) is 26.0 Å². The van der Waals surface area contributed by atoms with E-state index in [1.54, 1.807) is 26.0 Å². The van der Waals surface area contributed by atoms with Crippen molar-refractivity contribution in [2.75, 3.05) is 26.2 Å². The van der Waals surface area contributed by atoms with Crippen molar-refractivity contribution in [1.29, 1.82) is 5.26 Å². The van der Waals surface area contributed by atoms with Crippen LogP contribution in [0.15, 0.2) is 29.3 Å². The first-order chi connectivity index (χ1) is 27.4. The van der Waals surface area contributed by atoms with Crippen LogP contribution in [0.5, 0.6) is 0 Å². The van der Waals surface area contributed by atoms with Crippen molar-refractivity contribution in [2.24, 2.45) is 34.0 Å². The largest absolute Gasteiger partial charge is 0.480 e. The number of carboxylic acid groups (broad SMARTS) is 1. The molecule has 0 unspecified atom stereocenters. The Morgan fingerprint density at radius 1 is 0.776 bits per heavy atom. The first-order valence-electron chi connectivity index (χ1n) is 19.4. The Morgan fingerprint density at radius 2 is 1.38 bits per heavy atom. The molecular weight excluding hydrogens is 752 g/mol. The van der Waals surface area contributed by atoms with Gasteiger partial charge in [0.25, 0.3) is 0 Å². The van der Waals surface area contributed by atoms with Crippen molar-refractivity contribution in [3.8, 4) is 6.07 Å². The Labute approximate surface area is 339 Å². The molecule has 1 aromatic carbocycles. The summed E-state index contributed by atoms with van der Waals surface area (Å²) in [5.41, 5.74) is 18.1. The minimum absolute atomic E-state index is 0.0291. The van der Waals surface area contributed by atoms with Crippen LogP contribution in [0.1, 0.15) is 84.3 Å². The fourth-order valence-corrected chi connectivity index (χ4v) is 5.32. The molecule has 20 heteroatoms. The minimum atomic E-state index is -1.28. The Kier molecular flexibility index (Phi) is 23.3. The van der Waals surface area contributed by atoms with Crippen molar-refractivity contribution >= 4 is 47.4 Å². The van der Waals surface area contributed by atoms with Gasteiger partial charge < -0.3 is 59.5 Å². The SMILES string of the molecule is CC[C@H](C)[C@H](N)C(=O)NCC(=O)N[C@@H](CCCCNCc1ccc(C#N)cc1)C(=O)NCC(=O)N[C@H](C(=O)N[C@@H](C)C(=O)N[C@@H](CCCN=C(N)N)C(=O)O)C(C)C. The lowest BCUT2D eigenvalue weighted by atomic mass is 9.99. The molecule has 0 aromatic heterocycles. The second-order valence-electron chi connectivity index (χ2n) is 14.3. The lowest BCUT2D eigenvalue weighted by Crippen LogP contribution is -2.57. The third kappa shape index (κ3) is 19.9. The summed E-state index contributed by atoms with van der Waals surface area (Å²) in [6.07, 6.45) is 2.30. The number of rotatable bonds is 27. The van der Waals surface area contributed by atoms with Gasteiger partial charge in [0.2, 0.25) is 35.4 Å². The van der Waals surface area contributed by atoms with Crippen LogP contribution in [0.4, 0.5) is 0 Å². The predicted octanol–water partition coefficient (Wildman–Crippen LogP) is -1.82. The van der Waals surface area contributed by atoms with E-state index in [9.17, 15) is 38.7 Å². The molecule has 1 aromatic rings. The summed E-state index contributed by atoms with van der Waals surface area (Å²) < 4.78 is 0. The van der Waals surface area contributed by atoms with E-state index >= 15 is 0 Å². The number of hydrogen-bond donors (Lipinski definition) is 11. The van der Waals surface area contributed by atoms with E-state index in [0.29, 0.717) is 37.9 Å². The summed E-state index contributed by atoms with van der Waals surface area (Å²) in [6, 6.07) is 3.79. The third-order valence-corrected chi connectivity index (χ3v) is 9.14. The number of nitriles is 1. The van der Waals surface area contributed by atoms with Crippen LogP contribution >= 0.6 is 0 Å². The summed E-state index contributed by atoms with van der Waals surface area (Å²) in [7, 11) is 0. The van der Waals surface area contributed by atoms with Gasteiger partial charge in [-0.2, -0.15) is 5.26 Å². The van der Waals surface area contributed by atoms with Crippen LogP contribution in [0.3, 0.4) is 0 Å². The van der Waals surface area contributed by atoms with Gasteiger partial charge in [-0.15, -0.1) is 0 Å². The van der Waals surface area contributed by atoms with Gasteiger partial charge >= 0.3 is 5.97 Å². The van der Waals surface area contributed by atoms with Gasteiger partial charge in [0.1, 0.15) is 24.2 Å². The standard InChI is InChI=1S/C38H62N12O8/c1-6-23(4)31(40)35(55)46-20-29(51)48-27(10-7-8-16-43-19-26-14-12-25(18-39)13-15-26)34(54)45-21-30(52)50-32(22(2)3)36(56)47-24(5)33(53)49-28(37(57)58)11-9-17-44-38(41)42/h12-15,22-24,27-28,31-32,43H,6-11,16-17,19-21,40H2,1-5H3,(H,45,54)(H,46,55)(H,47,56)(H,48,51)(H,49,53)(H,50,52)(H,57,58)(H4,41,42,44)/t23-,24-,27-,28-,31-,32-/m0/s1. The van der Waals surface area contributed by atoms with Crippen molar-refractivity contribution in [3.63, 3.8) is 0 Å². The van der Waals surface area contributed by atoms with Crippen LogP contribution in [-0.2, 0) is 40.1 Å². The molecule has 0 saturated heterocycles. The van der Waals surface area contributed by atoms with Crippen LogP contribution in [0.2, 0.25) is 0 Å². The number of benzene rings is 1. The molecule has 0 radical (unpaired) electrons. The number of nitrogens with zero attached hydrogens (tertiary/aromatic N) is 2. The lowest BCUT2D eigenvalue weighted by molar-refractivity contribution is -0.142. The molecule has 0 fully saturated rings. The number of carboxylic acids is 1. The zero-order chi connectivity index (χ0) is 43.8. The molecule has 0 spiro atoms. The molecule has 58 heavy (non-hydrogen) atoms. The number of aliphatic imine (C=N–C) groups is 1. The Morgan fingerprint density at radius 3 is 1.95 bits per heavy atom. The molecule has 0 aliphatic rings. The molecule has 1 rings (SSSR count). The topological polar surface area (TPSA) is 338 Å². The fraction of sp³-hybridized carbons (Fsp3) is 0.605. The molecule has 0 bridgehead atoms. The van der Waals surface area contributed by atoms with E-state index in [0.717, 1.165) is 5.56 Å². The maximum atomic E-state index is 13.3. The highest BCUT2D eigenvalue weighted by Crippen LogP contribution is 2.07. The van der Waals surface area contributed by atoms with Crippen LogP contribution in [0, 0.1) is 23.2 Å². The maximum Gasteiger partial charge on any atom is 0.326 e. The van der Waals surface area contributed by atoms with Gasteiger partial charge in [-0.05, 0) is 75.1 Å². The number of unbranched alkanes of at least 4 members (excludes halogenated alkanes) is 1. The smallest absolute Gasteiger partial charge is 0.326 e. The minimum Gasteiger partial charge on any atom is -0.480 e. The zero-order valence-corrected chi connectivity index (χ0v) is 34.1. The highest BCUT2D eigenvalue weighted by atomic mass is 16.4. The van der Waals surface area contributed by atoms with Crippen LogP contribution in [0.25, 0.3) is 0 Å². The number of carbonyl (C=O) groups is 7. The van der Waals surface area contributed by atoms with Gasteiger partial charge in [0.15, 0.2) is 5.96 Å². The first kappa shape index (κ1) is 50.2. The molecule has 0 heterocycles. The Balaban J connectivity index is 2.82. The number of hydrogen-bond acceptors (Lipinski definition) is 11. The van der Waals surface area contributed by atoms with E-state index in [-0.39, 0.29) is 37.7 Å². The lowest BCUT2D eigenvalue weighted by Gasteiger charge is -2.25. The summed E-state index contributed by atoms with van der Waals surface area (Å²) in [5, 5.41) is 36.8. The average Bonchev–Trinajstić information content (AvgIpc) is 3.18. The third-order valence-electron chi connectivity index (χ3n) is 9.14. The number of carbonyl (C=O) groups excluding carboxylic acids is 6. The summed E-state index contributed by atoms with van der Waals surface area (Å²) in [5.74, 6) is -6.02. The second kappa shape index (κ2) is 26.9. The Bertz CT molecular complexity index is 1590. The molecule has 6 atom stereocenters. The van der Waals surface area contributed by atoms with Crippen LogP contribution < -0.4 is 54.4 Å². The molecule has 0 saturated carbocycles. The van der Waals surface area contributed by atoms with Crippen molar-refractivity contribution in [3.05, 3.63) is 35.4 Å². The summed E-state index contributed by atoms with van der Waals surface area (Å²) in [4.78, 5) is 92.9. The van der Waals surface area contributed by atoms with E-state index in [4.69, 9.17) is 22.5 Å². The van der Waals surface area contributed by atoms with E-state index < -0.39 is 90.6 Å². The average molecular weight is 815 g/mol. The molecule has 322 valence electrons. The quantitative estimate of drug-likeness (QED) is 0.0265. The second-order valence-corrected chi connectivity index (χ2v) is 14.3. The van der Waals surface area contributed by atoms with Crippen molar-refractivity contribution in [1.82, 2.24) is 37.2 Å². The summed E-state index contributed by atoms with van der Waals surface area (Å²) in [6.45, 7) is 8.72. The van der Waals surface area contributed by atoms with Crippen molar-refractivity contribution < 1.29 is 38.7 Å². The van der Waals surface area contributed by atoms with E-state index in [2.05, 4.69) is 48.3 Å². The van der Waals surface area contributed by atoms with Gasteiger partial charge in [-0.25, -0.2) is 4.79 Å². The molecular formula is C38H62N12O8. The predicted molar refractivity (Wildman–Crippen MR) is 216 cm³/mol. The fourth-order valence-electron chi connectivity index (χ4n) is 5.32. The maximum absolute atomic E-state index is 13.3. The van der Waals surface area contributed by atoms with Gasteiger partial charge in [-0.1, -0.05) is 46.2 Å². The number of amides is 6. The van der Waals surface area contributed by atoms with Gasteiger partial charge in [0, 0.05) is 13.1 Å². The highest BCUT2D eigenvalue weighted by molar-refractivity contribution is 5.95.